The summed E-state index contributed by atoms with van der Waals surface area (Å²) in [7, 11) is 0. The average Bonchev–Trinajstić information content (AvgIpc) is 2.72. The zero-order valence-electron chi connectivity index (χ0n) is 11.3. The van der Waals surface area contributed by atoms with Gasteiger partial charge in [0.1, 0.15) is 0 Å². The van der Waals surface area contributed by atoms with Gasteiger partial charge in [-0.1, -0.05) is 27.7 Å². The number of thiazole rings is 1. The maximum Gasteiger partial charge on any atom is 0.0981 e. The minimum atomic E-state index is -0.172. The Hall–Kier alpha value is -0.450. The molecule has 1 aromatic rings. The van der Waals surface area contributed by atoms with Gasteiger partial charge in [0.05, 0.1) is 11.1 Å². The van der Waals surface area contributed by atoms with Gasteiger partial charge in [0.15, 0.2) is 0 Å². The molecule has 2 N–H and O–H groups in total. The molecular formula is C13H24N2OS. The summed E-state index contributed by atoms with van der Waals surface area (Å²) in [6.45, 7) is 10.3. The molecule has 0 bridgehead atoms. The van der Waals surface area contributed by atoms with Crippen LogP contribution in [0.15, 0.2) is 6.20 Å². The molecule has 1 atom stereocenters. The van der Waals surface area contributed by atoms with Crippen LogP contribution in [0.1, 0.15) is 50.4 Å². The molecular weight excluding hydrogens is 232 g/mol. The van der Waals surface area contributed by atoms with Crippen molar-refractivity contribution in [1.29, 1.82) is 0 Å². The van der Waals surface area contributed by atoms with E-state index in [4.69, 9.17) is 0 Å². The Morgan fingerprint density at radius 3 is 2.71 bits per heavy atom. The van der Waals surface area contributed by atoms with Gasteiger partial charge >= 0.3 is 0 Å². The molecule has 0 saturated carbocycles. The summed E-state index contributed by atoms with van der Waals surface area (Å²) in [6.07, 6.45) is 3.43. The van der Waals surface area contributed by atoms with E-state index < -0.39 is 0 Å². The van der Waals surface area contributed by atoms with Crippen molar-refractivity contribution in [3.05, 3.63) is 16.1 Å². The fraction of sp³-hybridized carbons (Fsp3) is 0.769. The Morgan fingerprint density at radius 1 is 1.47 bits per heavy atom. The molecule has 0 radical (unpaired) electrons. The molecule has 0 amide bonds. The highest BCUT2D eigenvalue weighted by atomic mass is 32.1. The van der Waals surface area contributed by atoms with Crippen LogP contribution in [0.5, 0.6) is 0 Å². The van der Waals surface area contributed by atoms with Crippen molar-refractivity contribution in [2.75, 3.05) is 6.54 Å². The fourth-order valence-electron chi connectivity index (χ4n) is 1.42. The summed E-state index contributed by atoms with van der Waals surface area (Å²) in [5.74, 6) is 0. The molecule has 4 heteroatoms. The lowest BCUT2D eigenvalue weighted by Crippen LogP contribution is -2.19. The molecule has 0 aromatic carbocycles. The number of aliphatic hydroxyl groups is 1. The first-order valence-electron chi connectivity index (χ1n) is 6.27. The van der Waals surface area contributed by atoms with Crippen LogP contribution in [0.4, 0.5) is 0 Å². The smallest absolute Gasteiger partial charge is 0.0981 e. The third-order valence-corrected chi connectivity index (χ3v) is 4.04. The number of nitrogens with zero attached hydrogens (tertiary/aromatic N) is 1. The Labute approximate surface area is 108 Å². The average molecular weight is 256 g/mol. The lowest BCUT2D eigenvalue weighted by molar-refractivity contribution is 0.160. The molecule has 0 spiro atoms. The van der Waals surface area contributed by atoms with Crippen LogP contribution >= 0.6 is 11.3 Å². The number of hydrogen-bond donors (Lipinski definition) is 2. The summed E-state index contributed by atoms with van der Waals surface area (Å²) in [5, 5.41) is 13.9. The number of aliphatic hydroxyl groups excluding tert-OH is 1. The third kappa shape index (κ3) is 5.15. The van der Waals surface area contributed by atoms with Crippen LogP contribution in [-0.4, -0.2) is 22.7 Å². The topological polar surface area (TPSA) is 45.1 Å². The Kier molecular flexibility index (Phi) is 5.56. The maximum atomic E-state index is 9.42. The van der Waals surface area contributed by atoms with Crippen molar-refractivity contribution < 1.29 is 5.11 Å². The summed E-state index contributed by atoms with van der Waals surface area (Å²) >= 11 is 1.77. The largest absolute Gasteiger partial charge is 0.393 e. The van der Waals surface area contributed by atoms with Crippen LogP contribution < -0.4 is 5.32 Å². The molecule has 3 nitrogen and oxygen atoms in total. The van der Waals surface area contributed by atoms with Crippen LogP contribution in [0.3, 0.4) is 0 Å². The summed E-state index contributed by atoms with van der Waals surface area (Å²) < 4.78 is 0. The van der Waals surface area contributed by atoms with Gasteiger partial charge in [-0.05, 0) is 19.4 Å². The monoisotopic (exact) mass is 256 g/mol. The van der Waals surface area contributed by atoms with E-state index in [9.17, 15) is 5.11 Å². The van der Waals surface area contributed by atoms with Gasteiger partial charge < -0.3 is 10.4 Å². The second-order valence-corrected chi connectivity index (χ2v) is 6.52. The summed E-state index contributed by atoms with van der Waals surface area (Å²) in [6, 6.07) is 0. The first kappa shape index (κ1) is 14.6. The Balaban J connectivity index is 2.31. The number of hydrogen-bond acceptors (Lipinski definition) is 4. The molecule has 0 aliphatic carbocycles. The highest BCUT2D eigenvalue weighted by Crippen LogP contribution is 2.26. The SMILES string of the molecule is CCC(O)CCNCc1cnc(C(C)(C)C)s1. The Morgan fingerprint density at radius 2 is 2.18 bits per heavy atom. The highest BCUT2D eigenvalue weighted by molar-refractivity contribution is 7.11. The van der Waals surface area contributed by atoms with Crippen molar-refractivity contribution in [2.24, 2.45) is 0 Å². The van der Waals surface area contributed by atoms with Gasteiger partial charge in [-0.25, -0.2) is 4.98 Å². The second kappa shape index (κ2) is 6.47. The molecule has 1 rings (SSSR count). The van der Waals surface area contributed by atoms with E-state index in [2.05, 4.69) is 31.1 Å². The molecule has 1 heterocycles. The van der Waals surface area contributed by atoms with E-state index in [0.29, 0.717) is 0 Å². The first-order valence-corrected chi connectivity index (χ1v) is 7.09. The molecule has 1 unspecified atom stereocenters. The molecule has 0 aliphatic heterocycles. The molecule has 0 aliphatic rings. The molecule has 0 saturated heterocycles. The van der Waals surface area contributed by atoms with Gasteiger partial charge in [-0.15, -0.1) is 11.3 Å². The van der Waals surface area contributed by atoms with E-state index in [1.807, 2.05) is 13.1 Å². The predicted octanol–water partition coefficient (Wildman–Crippen LogP) is 2.69. The van der Waals surface area contributed by atoms with Crippen LogP contribution in [0, 0.1) is 0 Å². The summed E-state index contributed by atoms with van der Waals surface area (Å²) in [4.78, 5) is 5.71. The first-order chi connectivity index (χ1) is 7.93. The van der Waals surface area contributed by atoms with Crippen molar-refractivity contribution in [2.45, 2.75) is 58.6 Å². The van der Waals surface area contributed by atoms with E-state index in [1.54, 1.807) is 11.3 Å². The van der Waals surface area contributed by atoms with Crippen LogP contribution in [0.25, 0.3) is 0 Å². The van der Waals surface area contributed by atoms with Crippen LogP contribution in [-0.2, 0) is 12.0 Å². The van der Waals surface area contributed by atoms with E-state index in [-0.39, 0.29) is 11.5 Å². The van der Waals surface area contributed by atoms with Crippen molar-refractivity contribution >= 4 is 11.3 Å². The van der Waals surface area contributed by atoms with Gasteiger partial charge in [-0.2, -0.15) is 0 Å². The zero-order valence-corrected chi connectivity index (χ0v) is 12.1. The predicted molar refractivity (Wildman–Crippen MR) is 73.4 cm³/mol. The number of rotatable bonds is 6. The molecule has 1 aromatic heterocycles. The van der Waals surface area contributed by atoms with Gasteiger partial charge in [0, 0.05) is 23.0 Å². The van der Waals surface area contributed by atoms with Gasteiger partial charge in [-0.3, -0.25) is 0 Å². The molecule has 0 fully saturated rings. The fourth-order valence-corrected chi connectivity index (χ4v) is 2.36. The second-order valence-electron chi connectivity index (χ2n) is 5.41. The van der Waals surface area contributed by atoms with Crippen LogP contribution in [0.2, 0.25) is 0 Å². The minimum Gasteiger partial charge on any atom is -0.393 e. The van der Waals surface area contributed by atoms with Crippen molar-refractivity contribution in [3.63, 3.8) is 0 Å². The third-order valence-electron chi connectivity index (χ3n) is 2.62. The van der Waals surface area contributed by atoms with E-state index in [0.717, 1.165) is 25.9 Å². The zero-order chi connectivity index (χ0) is 12.9. The number of aromatic nitrogens is 1. The van der Waals surface area contributed by atoms with Gasteiger partial charge in [0.25, 0.3) is 0 Å². The van der Waals surface area contributed by atoms with Crippen molar-refractivity contribution in [1.82, 2.24) is 10.3 Å². The van der Waals surface area contributed by atoms with E-state index >= 15 is 0 Å². The maximum absolute atomic E-state index is 9.42. The lowest BCUT2D eigenvalue weighted by Gasteiger charge is -2.13. The summed E-state index contributed by atoms with van der Waals surface area (Å²) in [5.41, 5.74) is 0.140. The van der Waals surface area contributed by atoms with Crippen molar-refractivity contribution in [3.8, 4) is 0 Å². The van der Waals surface area contributed by atoms with E-state index in [1.165, 1.54) is 9.88 Å². The standard InChI is InChI=1S/C13H24N2OS/c1-5-10(16)6-7-14-8-11-9-15-12(17-11)13(2,3)4/h9-10,14,16H,5-8H2,1-4H3. The Bertz CT molecular complexity index is 330. The minimum absolute atomic E-state index is 0.140. The molecule has 17 heavy (non-hydrogen) atoms. The van der Waals surface area contributed by atoms with Gasteiger partial charge in [0.2, 0.25) is 0 Å². The normalized spacial score (nSPS) is 13.9. The number of nitrogens with one attached hydrogen (secondary N) is 1. The lowest BCUT2D eigenvalue weighted by atomic mass is 9.98. The molecule has 98 valence electrons. The highest BCUT2D eigenvalue weighted by Gasteiger charge is 2.17. The quantitative estimate of drug-likeness (QED) is 0.769.